The number of pyridine rings is 2. The van der Waals surface area contributed by atoms with E-state index in [2.05, 4.69) is 123 Å². The number of hydrogen-bond donors (Lipinski definition) is 0. The molecule has 186 valence electrons. The van der Waals surface area contributed by atoms with Gasteiger partial charge in [-0.2, -0.15) is 0 Å². The number of benzene rings is 3. The highest BCUT2D eigenvalue weighted by Crippen LogP contribution is 2.36. The van der Waals surface area contributed by atoms with Gasteiger partial charge in [0.25, 0.3) is 0 Å². The molecule has 1 aliphatic rings. The van der Waals surface area contributed by atoms with Gasteiger partial charge >= 0.3 is 0 Å². The molecule has 4 nitrogen and oxygen atoms in total. The molecular weight excluding hydrogens is 476 g/mol. The Morgan fingerprint density at radius 2 is 1.21 bits per heavy atom. The van der Waals surface area contributed by atoms with E-state index in [0.717, 1.165) is 17.6 Å². The topological polar surface area (TPSA) is 35.6 Å². The maximum Gasteiger partial charge on any atom is 0.0724 e. The number of nitrogens with zero attached hydrogens (tertiary/aromatic N) is 4. The Hall–Kier alpha value is -4.96. The molecule has 0 unspecified atom stereocenters. The first-order valence-corrected chi connectivity index (χ1v) is 13.5. The summed E-state index contributed by atoms with van der Waals surface area (Å²) in [6, 6.07) is 30.5. The minimum atomic E-state index is 0.525. The van der Waals surface area contributed by atoms with Crippen molar-refractivity contribution in [2.75, 3.05) is 0 Å². The molecule has 0 saturated carbocycles. The summed E-state index contributed by atoms with van der Waals surface area (Å²) in [4.78, 5) is 8.85. The number of fused-ring (bicyclic) bond motifs is 6. The summed E-state index contributed by atoms with van der Waals surface area (Å²) in [5.74, 6) is 0.525. The molecule has 8 rings (SSSR count). The van der Waals surface area contributed by atoms with E-state index in [1.807, 2.05) is 24.8 Å². The van der Waals surface area contributed by atoms with Crippen LogP contribution >= 0.6 is 0 Å². The Morgan fingerprint density at radius 3 is 1.92 bits per heavy atom. The lowest BCUT2D eigenvalue weighted by atomic mass is 9.95. The maximum atomic E-state index is 4.44. The summed E-state index contributed by atoms with van der Waals surface area (Å²) >= 11 is 0. The van der Waals surface area contributed by atoms with Crippen LogP contribution in [0, 0.1) is 5.92 Å². The first kappa shape index (κ1) is 22.1. The van der Waals surface area contributed by atoms with Crippen LogP contribution in [0.4, 0.5) is 0 Å². The molecular formula is C35H26N4. The van der Waals surface area contributed by atoms with Gasteiger partial charge in [-0.3, -0.25) is 9.97 Å². The summed E-state index contributed by atoms with van der Waals surface area (Å²) < 4.78 is 4.69. The first-order valence-electron chi connectivity index (χ1n) is 13.5. The molecule has 39 heavy (non-hydrogen) atoms. The lowest BCUT2D eigenvalue weighted by Gasteiger charge is -2.17. The van der Waals surface area contributed by atoms with Crippen molar-refractivity contribution in [3.63, 3.8) is 0 Å². The van der Waals surface area contributed by atoms with Gasteiger partial charge in [-0.1, -0.05) is 61.5 Å². The zero-order chi connectivity index (χ0) is 25.9. The highest BCUT2D eigenvalue weighted by molar-refractivity contribution is 6.08. The van der Waals surface area contributed by atoms with E-state index < -0.39 is 0 Å². The number of rotatable bonds is 3. The third-order valence-corrected chi connectivity index (χ3v) is 8.08. The molecule has 1 atom stereocenters. The average Bonchev–Trinajstić information content (AvgIpc) is 3.50. The van der Waals surface area contributed by atoms with Crippen molar-refractivity contribution in [3.8, 4) is 22.5 Å². The SMILES string of the molecule is C[C@@H]1C=Cc2c(n(-c3ccc(-c4ccc(-n5c6ccccc6c6ccncc65)cc4)cc3)c3cnccc23)C1. The van der Waals surface area contributed by atoms with Gasteiger partial charge in [-0.05, 0) is 65.9 Å². The highest BCUT2D eigenvalue weighted by Gasteiger charge is 2.21. The van der Waals surface area contributed by atoms with Crippen LogP contribution in [0.5, 0.6) is 0 Å². The van der Waals surface area contributed by atoms with E-state index in [-0.39, 0.29) is 0 Å². The van der Waals surface area contributed by atoms with Crippen molar-refractivity contribution in [2.24, 2.45) is 5.92 Å². The zero-order valence-corrected chi connectivity index (χ0v) is 21.6. The van der Waals surface area contributed by atoms with Gasteiger partial charge in [0.2, 0.25) is 0 Å². The molecule has 0 radical (unpaired) electrons. The third kappa shape index (κ3) is 3.38. The van der Waals surface area contributed by atoms with E-state index in [9.17, 15) is 0 Å². The molecule has 4 aromatic heterocycles. The fourth-order valence-corrected chi connectivity index (χ4v) is 6.23. The molecule has 4 heterocycles. The highest BCUT2D eigenvalue weighted by atomic mass is 15.0. The lowest BCUT2D eigenvalue weighted by molar-refractivity contribution is 0.690. The van der Waals surface area contributed by atoms with E-state index >= 15 is 0 Å². The molecule has 0 N–H and O–H groups in total. The second-order valence-corrected chi connectivity index (χ2v) is 10.5. The van der Waals surface area contributed by atoms with Crippen molar-refractivity contribution in [2.45, 2.75) is 13.3 Å². The van der Waals surface area contributed by atoms with E-state index in [1.54, 1.807) is 0 Å². The van der Waals surface area contributed by atoms with Crippen molar-refractivity contribution < 1.29 is 0 Å². The zero-order valence-electron chi connectivity index (χ0n) is 21.6. The Morgan fingerprint density at radius 1 is 0.615 bits per heavy atom. The maximum absolute atomic E-state index is 4.44. The largest absolute Gasteiger partial charge is 0.311 e. The smallest absolute Gasteiger partial charge is 0.0724 e. The molecule has 0 spiro atoms. The van der Waals surface area contributed by atoms with Crippen molar-refractivity contribution >= 4 is 38.8 Å². The quantitative estimate of drug-likeness (QED) is 0.243. The van der Waals surface area contributed by atoms with Crippen molar-refractivity contribution in [1.29, 1.82) is 0 Å². The van der Waals surface area contributed by atoms with Crippen LogP contribution in [-0.2, 0) is 6.42 Å². The van der Waals surface area contributed by atoms with Gasteiger partial charge in [-0.25, -0.2) is 0 Å². The molecule has 0 saturated heterocycles. The molecule has 7 aromatic rings. The van der Waals surface area contributed by atoms with E-state index in [4.69, 9.17) is 0 Å². The Kier molecular flexibility index (Phi) is 4.83. The minimum absolute atomic E-state index is 0.525. The normalized spacial score (nSPS) is 14.8. The standard InChI is InChI=1S/C35H26N4/c1-23-6-15-29-31-17-19-37-22-35(31)39(33(29)20-23)27-13-9-25(10-14-27)24-7-11-26(12-8-24)38-32-5-3-2-4-28(32)30-16-18-36-21-34(30)38/h2-19,21-23H,20H2,1H3/t23-/m1/s1. The van der Waals surface area contributed by atoms with Gasteiger partial charge < -0.3 is 9.13 Å². The predicted octanol–water partition coefficient (Wildman–Crippen LogP) is 8.39. The number of para-hydroxylation sites is 1. The lowest BCUT2D eigenvalue weighted by Crippen LogP contribution is -2.08. The van der Waals surface area contributed by atoms with E-state index in [1.165, 1.54) is 55.3 Å². The van der Waals surface area contributed by atoms with Gasteiger partial charge in [0.05, 0.1) is 28.9 Å². The molecule has 0 bridgehead atoms. The number of allylic oxidation sites excluding steroid dienone is 1. The van der Waals surface area contributed by atoms with Gasteiger partial charge in [0, 0.05) is 51.2 Å². The van der Waals surface area contributed by atoms with Gasteiger partial charge in [-0.15, -0.1) is 0 Å². The first-order chi connectivity index (χ1) is 19.3. The van der Waals surface area contributed by atoms with Crippen LogP contribution in [0.1, 0.15) is 18.2 Å². The fourth-order valence-electron chi connectivity index (χ4n) is 6.23. The van der Waals surface area contributed by atoms with E-state index in [0.29, 0.717) is 5.92 Å². The number of hydrogen-bond acceptors (Lipinski definition) is 2. The van der Waals surface area contributed by atoms with Crippen LogP contribution in [0.2, 0.25) is 0 Å². The van der Waals surface area contributed by atoms with Crippen molar-refractivity contribution in [1.82, 2.24) is 19.1 Å². The molecule has 1 aliphatic carbocycles. The molecule has 0 aliphatic heterocycles. The second kappa shape index (κ2) is 8.53. The van der Waals surface area contributed by atoms with Crippen LogP contribution in [0.15, 0.2) is 116 Å². The van der Waals surface area contributed by atoms with Crippen LogP contribution in [0.3, 0.4) is 0 Å². The Bertz CT molecular complexity index is 1990. The summed E-state index contributed by atoms with van der Waals surface area (Å²) in [6.07, 6.45) is 13.3. The summed E-state index contributed by atoms with van der Waals surface area (Å²) in [5.41, 5.74) is 10.9. The molecule has 0 amide bonds. The molecule has 4 heteroatoms. The third-order valence-electron chi connectivity index (χ3n) is 8.08. The monoisotopic (exact) mass is 502 g/mol. The second-order valence-electron chi connectivity index (χ2n) is 10.5. The van der Waals surface area contributed by atoms with Gasteiger partial charge in [0.15, 0.2) is 0 Å². The average molecular weight is 503 g/mol. The van der Waals surface area contributed by atoms with Crippen LogP contribution in [0.25, 0.3) is 61.3 Å². The van der Waals surface area contributed by atoms with Crippen LogP contribution < -0.4 is 0 Å². The van der Waals surface area contributed by atoms with Crippen LogP contribution in [-0.4, -0.2) is 19.1 Å². The number of aromatic nitrogens is 4. The summed E-state index contributed by atoms with van der Waals surface area (Å²) in [6.45, 7) is 2.28. The molecule has 0 fully saturated rings. The summed E-state index contributed by atoms with van der Waals surface area (Å²) in [7, 11) is 0. The predicted molar refractivity (Wildman–Crippen MR) is 161 cm³/mol. The van der Waals surface area contributed by atoms with Crippen molar-refractivity contribution in [3.05, 3.63) is 127 Å². The van der Waals surface area contributed by atoms with Gasteiger partial charge in [0.1, 0.15) is 0 Å². The Balaban J connectivity index is 1.18. The molecule has 3 aromatic carbocycles. The Labute approximate surface area is 226 Å². The minimum Gasteiger partial charge on any atom is -0.311 e. The summed E-state index contributed by atoms with van der Waals surface area (Å²) in [5, 5.41) is 3.73. The fraction of sp³-hybridized carbons (Fsp3) is 0.0857.